The topological polar surface area (TPSA) is 66.9 Å². The van der Waals surface area contributed by atoms with E-state index in [1.165, 1.54) is 12.1 Å². The molecule has 0 fully saturated rings. The van der Waals surface area contributed by atoms with Crippen molar-refractivity contribution >= 4 is 17.4 Å². The third-order valence-corrected chi connectivity index (χ3v) is 2.83. The molecule has 0 aliphatic heterocycles. The Hall–Kier alpha value is -2.57. The number of hydrogen-bond donors (Lipinski definition) is 2. The average Bonchev–Trinajstić information content (AvgIpc) is 2.48. The monoisotopic (exact) mass is 306 g/mol. The van der Waals surface area contributed by atoms with Gasteiger partial charge in [-0.15, -0.1) is 0 Å². The third-order valence-electron chi connectivity index (χ3n) is 2.83. The molecule has 0 aliphatic carbocycles. The molecule has 1 aromatic carbocycles. The number of carbonyl (C=O) groups excluding carboxylic acids is 1. The second kappa shape index (κ2) is 6.93. The van der Waals surface area contributed by atoms with E-state index in [9.17, 15) is 13.6 Å². The van der Waals surface area contributed by atoms with Crippen LogP contribution in [0.3, 0.4) is 0 Å². The lowest BCUT2D eigenvalue weighted by Crippen LogP contribution is -2.17. The van der Waals surface area contributed by atoms with Crippen LogP contribution in [0.5, 0.6) is 0 Å². The zero-order valence-electron chi connectivity index (χ0n) is 12.3. The van der Waals surface area contributed by atoms with E-state index in [0.717, 1.165) is 18.6 Å². The summed E-state index contributed by atoms with van der Waals surface area (Å²) >= 11 is 0. The number of hydrogen-bond acceptors (Lipinski definition) is 4. The molecule has 0 unspecified atom stereocenters. The lowest BCUT2D eigenvalue weighted by Gasteiger charge is -2.09. The van der Waals surface area contributed by atoms with Crippen molar-refractivity contribution in [3.05, 3.63) is 47.4 Å². The van der Waals surface area contributed by atoms with Crippen molar-refractivity contribution < 1.29 is 13.6 Å². The fourth-order valence-electron chi connectivity index (χ4n) is 1.82. The Morgan fingerprint density at radius 2 is 1.91 bits per heavy atom. The molecule has 0 saturated carbocycles. The van der Waals surface area contributed by atoms with E-state index in [0.29, 0.717) is 18.2 Å². The molecular weight excluding hydrogens is 290 g/mol. The Morgan fingerprint density at radius 1 is 1.23 bits per heavy atom. The smallest absolute Gasteiger partial charge is 0.274 e. The average molecular weight is 306 g/mol. The van der Waals surface area contributed by atoms with Crippen LogP contribution in [0.4, 0.5) is 20.3 Å². The van der Waals surface area contributed by atoms with E-state index in [-0.39, 0.29) is 5.69 Å². The van der Waals surface area contributed by atoms with Crippen molar-refractivity contribution in [1.29, 1.82) is 0 Å². The molecule has 116 valence electrons. The molecule has 5 nitrogen and oxygen atoms in total. The van der Waals surface area contributed by atoms with Gasteiger partial charge in [-0.05, 0) is 25.5 Å². The summed E-state index contributed by atoms with van der Waals surface area (Å²) in [6, 6.07) is 4.80. The second-order valence-electron chi connectivity index (χ2n) is 4.66. The summed E-state index contributed by atoms with van der Waals surface area (Å²) < 4.78 is 27.1. The number of anilines is 2. The van der Waals surface area contributed by atoms with Crippen LogP contribution >= 0.6 is 0 Å². The highest BCUT2D eigenvalue weighted by Crippen LogP contribution is 2.19. The van der Waals surface area contributed by atoms with E-state index in [1.54, 1.807) is 6.92 Å². The van der Waals surface area contributed by atoms with Crippen LogP contribution in [0, 0.1) is 18.6 Å². The molecule has 1 amide bonds. The highest BCUT2D eigenvalue weighted by Gasteiger charge is 2.15. The number of amides is 1. The fourth-order valence-corrected chi connectivity index (χ4v) is 1.82. The molecule has 1 aromatic heterocycles. The zero-order valence-corrected chi connectivity index (χ0v) is 12.3. The van der Waals surface area contributed by atoms with Gasteiger partial charge in [-0.3, -0.25) is 4.79 Å². The van der Waals surface area contributed by atoms with Crippen LogP contribution in [0.25, 0.3) is 0 Å². The van der Waals surface area contributed by atoms with Crippen molar-refractivity contribution in [1.82, 2.24) is 9.97 Å². The summed E-state index contributed by atoms with van der Waals surface area (Å²) in [5.74, 6) is -1.50. The zero-order chi connectivity index (χ0) is 16.1. The minimum atomic E-state index is -0.844. The van der Waals surface area contributed by atoms with Crippen molar-refractivity contribution in [3.63, 3.8) is 0 Å². The first-order valence-electron chi connectivity index (χ1n) is 6.86. The highest BCUT2D eigenvalue weighted by molar-refractivity contribution is 6.03. The number of nitrogens with zero attached hydrogens (tertiary/aromatic N) is 2. The molecule has 2 aromatic rings. The SMILES string of the molecule is CCCNc1cc(C(=O)Nc2c(F)cccc2F)nc(C)n1. The molecule has 1 heterocycles. The first-order valence-corrected chi connectivity index (χ1v) is 6.86. The molecule has 0 aliphatic rings. The van der Waals surface area contributed by atoms with Gasteiger partial charge >= 0.3 is 0 Å². The molecule has 0 radical (unpaired) electrons. The Morgan fingerprint density at radius 3 is 2.55 bits per heavy atom. The summed E-state index contributed by atoms with van der Waals surface area (Å²) in [6.45, 7) is 4.33. The first-order chi connectivity index (χ1) is 10.5. The van der Waals surface area contributed by atoms with E-state index in [4.69, 9.17) is 0 Å². The van der Waals surface area contributed by atoms with E-state index < -0.39 is 23.2 Å². The van der Waals surface area contributed by atoms with Gasteiger partial charge in [-0.25, -0.2) is 18.7 Å². The molecule has 0 atom stereocenters. The third kappa shape index (κ3) is 3.75. The number of aromatic nitrogens is 2. The maximum absolute atomic E-state index is 13.6. The van der Waals surface area contributed by atoms with Crippen molar-refractivity contribution in [3.8, 4) is 0 Å². The maximum Gasteiger partial charge on any atom is 0.274 e. The van der Waals surface area contributed by atoms with Gasteiger partial charge in [0, 0.05) is 12.6 Å². The van der Waals surface area contributed by atoms with Gasteiger partial charge < -0.3 is 10.6 Å². The number of aryl methyl sites for hydroxylation is 1. The summed E-state index contributed by atoms with van der Waals surface area (Å²) in [5.41, 5.74) is -0.458. The number of rotatable bonds is 5. The van der Waals surface area contributed by atoms with Crippen LogP contribution in [-0.2, 0) is 0 Å². The largest absolute Gasteiger partial charge is 0.370 e. The van der Waals surface area contributed by atoms with Crippen LogP contribution in [-0.4, -0.2) is 22.4 Å². The lowest BCUT2D eigenvalue weighted by atomic mass is 10.2. The molecule has 0 bridgehead atoms. The Labute approximate surface area is 126 Å². The van der Waals surface area contributed by atoms with Gasteiger partial charge in [0.05, 0.1) is 0 Å². The van der Waals surface area contributed by atoms with Gasteiger partial charge in [0.1, 0.15) is 34.7 Å². The maximum atomic E-state index is 13.6. The summed E-state index contributed by atoms with van der Waals surface area (Å²) in [4.78, 5) is 20.3. The molecule has 0 saturated heterocycles. The van der Waals surface area contributed by atoms with E-state index in [1.807, 2.05) is 6.92 Å². The Balaban J connectivity index is 2.24. The Bertz CT molecular complexity index is 671. The lowest BCUT2D eigenvalue weighted by molar-refractivity contribution is 0.102. The summed E-state index contributed by atoms with van der Waals surface area (Å²) in [5, 5.41) is 5.24. The number of nitrogens with one attached hydrogen (secondary N) is 2. The number of carbonyl (C=O) groups is 1. The van der Waals surface area contributed by atoms with Crippen molar-refractivity contribution in [2.45, 2.75) is 20.3 Å². The van der Waals surface area contributed by atoms with Crippen LogP contribution < -0.4 is 10.6 Å². The van der Waals surface area contributed by atoms with Crippen LogP contribution in [0.15, 0.2) is 24.3 Å². The minimum absolute atomic E-state index is 0.0359. The van der Waals surface area contributed by atoms with Crippen molar-refractivity contribution in [2.75, 3.05) is 17.2 Å². The quantitative estimate of drug-likeness (QED) is 0.890. The molecule has 22 heavy (non-hydrogen) atoms. The summed E-state index contributed by atoms with van der Waals surface area (Å²) in [6.07, 6.45) is 0.894. The van der Waals surface area contributed by atoms with Crippen molar-refractivity contribution in [2.24, 2.45) is 0 Å². The summed E-state index contributed by atoms with van der Waals surface area (Å²) in [7, 11) is 0. The standard InChI is InChI=1S/C15H16F2N4O/c1-3-7-18-13-8-12(19-9(2)20-13)15(22)21-14-10(16)5-4-6-11(14)17/h4-6,8H,3,7H2,1-2H3,(H,21,22)(H,18,19,20). The number of para-hydroxylation sites is 1. The van der Waals surface area contributed by atoms with Gasteiger partial charge in [-0.2, -0.15) is 0 Å². The molecule has 2 N–H and O–H groups in total. The second-order valence-corrected chi connectivity index (χ2v) is 4.66. The van der Waals surface area contributed by atoms with E-state index >= 15 is 0 Å². The predicted molar refractivity (Wildman–Crippen MR) is 79.9 cm³/mol. The molecule has 0 spiro atoms. The van der Waals surface area contributed by atoms with E-state index in [2.05, 4.69) is 20.6 Å². The van der Waals surface area contributed by atoms with Gasteiger partial charge in [0.25, 0.3) is 5.91 Å². The predicted octanol–water partition coefficient (Wildman–Crippen LogP) is 3.14. The molecule has 7 heteroatoms. The molecular formula is C15H16F2N4O. The van der Waals surface area contributed by atoms with Crippen LogP contribution in [0.1, 0.15) is 29.7 Å². The minimum Gasteiger partial charge on any atom is -0.370 e. The van der Waals surface area contributed by atoms with Gasteiger partial charge in [0.2, 0.25) is 0 Å². The van der Waals surface area contributed by atoms with Gasteiger partial charge in [0.15, 0.2) is 0 Å². The highest BCUT2D eigenvalue weighted by atomic mass is 19.1. The van der Waals surface area contributed by atoms with Gasteiger partial charge in [-0.1, -0.05) is 13.0 Å². The first kappa shape index (κ1) is 15.8. The fraction of sp³-hybridized carbons (Fsp3) is 0.267. The number of benzene rings is 1. The Kier molecular flexibility index (Phi) is 4.98. The normalized spacial score (nSPS) is 10.4. The number of halogens is 2. The van der Waals surface area contributed by atoms with Crippen LogP contribution in [0.2, 0.25) is 0 Å². The molecule has 2 rings (SSSR count).